The second kappa shape index (κ2) is 15.0. The smallest absolute Gasteiger partial charge is 1.00 e. The average Bonchev–Trinajstić information content (AvgIpc) is 0.722. The molecule has 3 N–H and O–H groups in total. The molecule has 44 valence electrons. The molecule has 0 atom stereocenters. The fourth-order valence-corrected chi connectivity index (χ4v) is 0. The van der Waals surface area contributed by atoms with Crippen LogP contribution in [0, 0.1) is 0 Å². The van der Waals surface area contributed by atoms with Crippen molar-refractivity contribution in [2.75, 3.05) is 0 Å². The molecule has 9 heteroatoms. The minimum absolute atomic E-state index is 0. The van der Waals surface area contributed by atoms with Gasteiger partial charge in [-0.25, -0.2) is 4.57 Å². The van der Waals surface area contributed by atoms with Gasteiger partial charge in [-0.15, -0.1) is 0 Å². The van der Waals surface area contributed by atoms with Crippen molar-refractivity contribution in [3.8, 4) is 0 Å². The first-order valence-corrected chi connectivity index (χ1v) is 2.35. The van der Waals surface area contributed by atoms with Crippen LogP contribution in [-0.4, -0.2) is 112 Å². The summed E-state index contributed by atoms with van der Waals surface area (Å²) < 4.78 is 8.88. The van der Waals surface area contributed by atoms with Crippen LogP contribution >= 0.6 is 7.82 Å². The summed E-state index contributed by atoms with van der Waals surface area (Å²) in [5, 5.41) is 0. The summed E-state index contributed by atoms with van der Waals surface area (Å²) in [5.74, 6) is 0. The Morgan fingerprint density at radius 1 is 1.00 bits per heavy atom. The quantitative estimate of drug-likeness (QED) is 0.283. The third-order valence-corrected chi connectivity index (χ3v) is 0. The van der Waals surface area contributed by atoms with E-state index in [-0.39, 0.29) is 142 Å². The molecule has 0 radical (unpaired) electrons. The zero-order valence-corrected chi connectivity index (χ0v) is 20.7. The van der Waals surface area contributed by atoms with Crippen LogP contribution in [0.25, 0.3) is 0 Å². The molecule has 0 aromatic carbocycles. The van der Waals surface area contributed by atoms with E-state index in [0.717, 1.165) is 0 Å². The van der Waals surface area contributed by atoms with Crippen molar-refractivity contribution in [3.63, 3.8) is 0 Å². The van der Waals surface area contributed by atoms with Crippen LogP contribution in [0.5, 0.6) is 0 Å². The van der Waals surface area contributed by atoms with E-state index in [0.29, 0.717) is 0 Å². The summed E-state index contributed by atoms with van der Waals surface area (Å²) in [5.41, 5.74) is 0. The van der Waals surface area contributed by atoms with Gasteiger partial charge in [0.15, 0.2) is 0 Å². The topological polar surface area (TPSA) is 77.8 Å². The summed E-state index contributed by atoms with van der Waals surface area (Å²) in [6.07, 6.45) is 0. The van der Waals surface area contributed by atoms with Gasteiger partial charge in [-0.1, -0.05) is 0 Å². The molecule has 0 aliphatic carbocycles. The third-order valence-electron chi connectivity index (χ3n) is 0. The Bertz CT molecular complexity index is 74.3. The SMILES string of the molecule is O=P(O)(O)O.[Ba+2].[Ba+2].[H-].[H-].[H-].[H-].[Zn].[Zn]. The van der Waals surface area contributed by atoms with Crippen molar-refractivity contribution >= 4 is 106 Å². The summed E-state index contributed by atoms with van der Waals surface area (Å²) >= 11 is 0. The second-order valence-electron chi connectivity index (χ2n) is 0.513. The van der Waals surface area contributed by atoms with E-state index in [9.17, 15) is 0 Å². The molecular weight excluding hydrogens is 500 g/mol. The zero-order valence-electron chi connectivity index (χ0n) is 9.03. The molecule has 0 aliphatic heterocycles. The van der Waals surface area contributed by atoms with Crippen LogP contribution in [0.3, 0.4) is 0 Å². The van der Waals surface area contributed by atoms with Gasteiger partial charge >= 0.3 is 106 Å². The molecule has 0 aliphatic rings. The van der Waals surface area contributed by atoms with Crippen molar-refractivity contribution in [2.45, 2.75) is 0 Å². The van der Waals surface area contributed by atoms with Gasteiger partial charge in [0, 0.05) is 39.0 Å². The Morgan fingerprint density at radius 2 is 1.00 bits per heavy atom. The zero-order chi connectivity index (χ0) is 4.50. The predicted octanol–water partition coefficient (Wildman–Crippen LogP) is -1.25. The van der Waals surface area contributed by atoms with E-state index in [4.69, 9.17) is 19.2 Å². The van der Waals surface area contributed by atoms with Crippen LogP contribution in [0.2, 0.25) is 0 Å². The van der Waals surface area contributed by atoms with Crippen molar-refractivity contribution in [1.82, 2.24) is 0 Å². The van der Waals surface area contributed by atoms with Crippen LogP contribution in [0.4, 0.5) is 0 Å². The van der Waals surface area contributed by atoms with Gasteiger partial charge in [0.05, 0.1) is 0 Å². The van der Waals surface area contributed by atoms with Crippen molar-refractivity contribution in [3.05, 3.63) is 0 Å². The normalized spacial score (nSPS) is 6.56. The van der Waals surface area contributed by atoms with Gasteiger partial charge in [-0.3, -0.25) is 0 Å². The molecule has 4 nitrogen and oxygen atoms in total. The van der Waals surface area contributed by atoms with Gasteiger partial charge in [0.2, 0.25) is 0 Å². The Morgan fingerprint density at radius 3 is 1.00 bits per heavy atom. The van der Waals surface area contributed by atoms with E-state index >= 15 is 0 Å². The molecule has 0 amide bonds. The molecule has 0 bridgehead atoms. The van der Waals surface area contributed by atoms with Gasteiger partial charge < -0.3 is 20.4 Å². The van der Waals surface area contributed by atoms with E-state index in [1.165, 1.54) is 0 Å². The predicted molar refractivity (Wildman–Crippen MR) is 30.2 cm³/mol. The maximum atomic E-state index is 8.88. The molecule has 0 saturated carbocycles. The van der Waals surface area contributed by atoms with Gasteiger partial charge in [-0.2, -0.15) is 0 Å². The Kier molecular flexibility index (Phi) is 48.6. The van der Waals surface area contributed by atoms with Crippen LogP contribution < -0.4 is 0 Å². The molecule has 0 fully saturated rings. The fourth-order valence-electron chi connectivity index (χ4n) is 0. The summed E-state index contributed by atoms with van der Waals surface area (Å²) in [4.78, 5) is 21.6. The minimum atomic E-state index is -4.64. The van der Waals surface area contributed by atoms with E-state index < -0.39 is 7.82 Å². The monoisotopic (exact) mass is 506 g/mol. The van der Waals surface area contributed by atoms with Gasteiger partial charge in [0.25, 0.3) is 0 Å². The Labute approximate surface area is 165 Å². The molecule has 0 aromatic heterocycles. The number of hydrogen-bond acceptors (Lipinski definition) is 1. The number of hydrogen-bond donors (Lipinski definition) is 3. The van der Waals surface area contributed by atoms with Crippen LogP contribution in [-0.2, 0) is 43.5 Å². The molecule has 0 unspecified atom stereocenters. The molecule has 0 heterocycles. The molecule has 0 aromatic rings. The van der Waals surface area contributed by atoms with E-state index in [1.54, 1.807) is 0 Å². The maximum Gasteiger partial charge on any atom is 2.00 e. The standard InChI is InChI=1S/2Ba.H3O4P.2Zn.4H/c;;1-5(2,3)4;;;;;;/h;;(H3,1,2,3,4);;;;;;/q2*+2;;;;4*-1. The molecular formula is H7Ba2O4PZn2. The molecule has 0 spiro atoms. The van der Waals surface area contributed by atoms with Crippen molar-refractivity contribution in [2.24, 2.45) is 0 Å². The first-order chi connectivity index (χ1) is 2.00. The first-order valence-electron chi connectivity index (χ1n) is 0.783. The summed E-state index contributed by atoms with van der Waals surface area (Å²) in [6, 6.07) is 0. The summed E-state index contributed by atoms with van der Waals surface area (Å²) in [7, 11) is -4.64. The third kappa shape index (κ3) is 68.1. The Balaban J connectivity index is -0.00000000286. The molecule has 9 heavy (non-hydrogen) atoms. The van der Waals surface area contributed by atoms with Crippen molar-refractivity contribution in [1.29, 1.82) is 0 Å². The van der Waals surface area contributed by atoms with Crippen molar-refractivity contribution < 1.29 is 63.9 Å². The van der Waals surface area contributed by atoms with E-state index in [2.05, 4.69) is 0 Å². The number of rotatable bonds is 0. The summed E-state index contributed by atoms with van der Waals surface area (Å²) in [6.45, 7) is 0. The van der Waals surface area contributed by atoms with Crippen LogP contribution in [0.1, 0.15) is 5.71 Å². The minimum Gasteiger partial charge on any atom is -1.00 e. The largest absolute Gasteiger partial charge is 2.00 e. The number of phosphoric acid groups is 1. The second-order valence-corrected chi connectivity index (χ2v) is 1.54. The first kappa shape index (κ1) is 29.2. The average molecular weight is 507 g/mol. The Hall–Kier alpha value is 4.50. The van der Waals surface area contributed by atoms with Gasteiger partial charge in [0.1, 0.15) is 0 Å². The maximum absolute atomic E-state index is 8.88. The van der Waals surface area contributed by atoms with Crippen LogP contribution in [0.15, 0.2) is 0 Å². The van der Waals surface area contributed by atoms with Gasteiger partial charge in [-0.05, 0) is 0 Å². The fraction of sp³-hybridized carbons (Fsp3) is 0. The molecule has 0 saturated heterocycles. The molecule has 0 rings (SSSR count). The van der Waals surface area contributed by atoms with E-state index in [1.807, 2.05) is 0 Å².